The van der Waals surface area contributed by atoms with E-state index in [0.717, 1.165) is 5.32 Å². The van der Waals surface area contributed by atoms with Crippen LogP contribution in [0.15, 0.2) is 30.3 Å². The van der Waals surface area contributed by atoms with Gasteiger partial charge in [0.1, 0.15) is 0 Å². The number of nitrogens with zero attached hydrogens (tertiary/aromatic N) is 1. The van der Waals surface area contributed by atoms with Gasteiger partial charge in [0.15, 0.2) is 0 Å². The van der Waals surface area contributed by atoms with Crippen LogP contribution < -0.4 is 5.32 Å². The van der Waals surface area contributed by atoms with Crippen LogP contribution >= 0.6 is 22.6 Å². The number of halogens is 12. The monoisotopic (exact) mass is 622 g/mol. The molecule has 0 aliphatic rings. The van der Waals surface area contributed by atoms with Crippen molar-refractivity contribution in [3.05, 3.63) is 66.5 Å². The van der Waals surface area contributed by atoms with Crippen LogP contribution in [0.3, 0.4) is 0 Å². The third-order valence-electron chi connectivity index (χ3n) is 4.24. The van der Waals surface area contributed by atoms with E-state index in [1.807, 2.05) is 0 Å². The number of alkyl halides is 10. The van der Waals surface area contributed by atoms with E-state index in [4.69, 9.17) is 0 Å². The molecular formula is C17H6F11IN2O3. The van der Waals surface area contributed by atoms with Crippen LogP contribution in [0.5, 0.6) is 0 Å². The third kappa shape index (κ3) is 4.74. The summed E-state index contributed by atoms with van der Waals surface area (Å²) in [5.74, 6) is -4.06. The van der Waals surface area contributed by atoms with Gasteiger partial charge in [-0.05, 0) is 40.8 Å². The average molecular weight is 622 g/mol. The summed E-state index contributed by atoms with van der Waals surface area (Å²) in [4.78, 5) is 21.8. The minimum atomic E-state index is -6.86. The number of amides is 1. The molecule has 186 valence electrons. The standard InChI is InChI=1S/C17H6F11IN2O3/c18-11-6(2-1-3-9(11)31(33)34)13(32)30-12-7(15(20,21)22)4-5-8(29)10(12)14(19,16(23,24)25)17(26,27)28/h1-5H,(H,30,32). The predicted molar refractivity (Wildman–Crippen MR) is 100 cm³/mol. The van der Waals surface area contributed by atoms with E-state index in [1.54, 1.807) is 0 Å². The van der Waals surface area contributed by atoms with E-state index < -0.39 is 72.5 Å². The quantitative estimate of drug-likeness (QED) is 0.175. The number of anilines is 1. The van der Waals surface area contributed by atoms with Crippen LogP contribution in [0.2, 0.25) is 0 Å². The molecule has 17 heteroatoms. The molecule has 1 amide bonds. The zero-order chi connectivity index (χ0) is 26.4. The van der Waals surface area contributed by atoms with Gasteiger partial charge in [-0.2, -0.15) is 43.9 Å². The lowest BCUT2D eigenvalue weighted by atomic mass is 9.90. The third-order valence-corrected chi connectivity index (χ3v) is 5.14. The predicted octanol–water partition coefficient (Wildman–Crippen LogP) is 6.90. The fourth-order valence-electron chi connectivity index (χ4n) is 2.74. The van der Waals surface area contributed by atoms with Crippen molar-refractivity contribution in [2.45, 2.75) is 24.2 Å². The van der Waals surface area contributed by atoms with Gasteiger partial charge in [0, 0.05) is 15.2 Å². The Morgan fingerprint density at radius 3 is 1.88 bits per heavy atom. The van der Waals surface area contributed by atoms with E-state index in [9.17, 15) is 63.2 Å². The number of nitro benzene ring substituents is 1. The maximum absolute atomic E-state index is 14.8. The summed E-state index contributed by atoms with van der Waals surface area (Å²) in [5.41, 5.74) is -16.5. The van der Waals surface area contributed by atoms with Crippen molar-refractivity contribution in [1.29, 1.82) is 0 Å². The first-order chi connectivity index (χ1) is 15.2. The SMILES string of the molecule is O=C(Nc1c(C(F)(F)F)ccc(I)c1C(F)(C(F)(F)F)C(F)(F)F)c1cccc([N+](=O)[O-])c1F. The summed E-state index contributed by atoms with van der Waals surface area (Å²) in [6.45, 7) is 0. The van der Waals surface area contributed by atoms with E-state index in [1.165, 1.54) is 0 Å². The lowest BCUT2D eigenvalue weighted by Crippen LogP contribution is -2.51. The summed E-state index contributed by atoms with van der Waals surface area (Å²) in [5, 5.41) is 11.8. The molecule has 0 aliphatic heterocycles. The van der Waals surface area contributed by atoms with Crippen molar-refractivity contribution in [2.24, 2.45) is 0 Å². The Morgan fingerprint density at radius 1 is 0.912 bits per heavy atom. The van der Waals surface area contributed by atoms with Gasteiger partial charge in [-0.3, -0.25) is 14.9 Å². The molecule has 2 aromatic carbocycles. The smallest absolute Gasteiger partial charge is 0.321 e. The summed E-state index contributed by atoms with van der Waals surface area (Å²) < 4.78 is 148. The Bertz CT molecular complexity index is 1130. The van der Waals surface area contributed by atoms with Crippen LogP contribution in [0.1, 0.15) is 21.5 Å². The fourth-order valence-corrected chi connectivity index (χ4v) is 3.56. The van der Waals surface area contributed by atoms with Gasteiger partial charge in [0.2, 0.25) is 5.82 Å². The van der Waals surface area contributed by atoms with E-state index in [0.29, 0.717) is 40.8 Å². The molecule has 0 unspecified atom stereocenters. The second-order valence-electron chi connectivity index (χ2n) is 6.35. The zero-order valence-corrected chi connectivity index (χ0v) is 17.8. The molecule has 0 atom stereocenters. The van der Waals surface area contributed by atoms with E-state index >= 15 is 0 Å². The molecule has 34 heavy (non-hydrogen) atoms. The second kappa shape index (κ2) is 8.81. The lowest BCUT2D eigenvalue weighted by molar-refractivity contribution is -0.387. The summed E-state index contributed by atoms with van der Waals surface area (Å²) in [6, 6.07) is 1.71. The number of carbonyl (C=O) groups is 1. The van der Waals surface area contributed by atoms with E-state index in [-0.39, 0.29) is 12.1 Å². The first-order valence-electron chi connectivity index (χ1n) is 8.22. The summed E-state index contributed by atoms with van der Waals surface area (Å²) >= 11 is 0.696. The van der Waals surface area contributed by atoms with Gasteiger partial charge in [-0.15, -0.1) is 0 Å². The van der Waals surface area contributed by atoms with Gasteiger partial charge in [0.05, 0.1) is 21.7 Å². The Balaban J connectivity index is 2.90. The largest absolute Gasteiger partial charge is 0.436 e. The molecule has 0 aliphatic carbocycles. The van der Waals surface area contributed by atoms with Crippen molar-refractivity contribution in [3.8, 4) is 0 Å². The molecule has 0 radical (unpaired) electrons. The maximum Gasteiger partial charge on any atom is 0.436 e. The number of benzene rings is 2. The molecule has 0 spiro atoms. The molecule has 0 bridgehead atoms. The first kappa shape index (κ1) is 27.5. The van der Waals surface area contributed by atoms with Crippen molar-refractivity contribution in [3.63, 3.8) is 0 Å². The lowest BCUT2D eigenvalue weighted by Gasteiger charge is -2.33. The van der Waals surface area contributed by atoms with Gasteiger partial charge >= 0.3 is 29.9 Å². The average Bonchev–Trinajstić information content (AvgIpc) is 2.64. The summed E-state index contributed by atoms with van der Waals surface area (Å²) in [6.07, 6.45) is -19.4. The van der Waals surface area contributed by atoms with Crippen LogP contribution in [0.25, 0.3) is 0 Å². The molecule has 0 fully saturated rings. The molecule has 2 aromatic rings. The highest BCUT2D eigenvalue weighted by molar-refractivity contribution is 14.1. The van der Waals surface area contributed by atoms with Crippen molar-refractivity contribution in [2.75, 3.05) is 5.32 Å². The second-order valence-corrected chi connectivity index (χ2v) is 7.51. The molecule has 0 saturated heterocycles. The Hall–Kier alpha value is -2.73. The number of hydrogen-bond acceptors (Lipinski definition) is 3. The molecule has 5 nitrogen and oxygen atoms in total. The highest BCUT2D eigenvalue weighted by Crippen LogP contribution is 2.57. The molecule has 2 rings (SSSR count). The number of carbonyl (C=O) groups excluding carboxylic acids is 1. The molecule has 0 saturated carbocycles. The minimum absolute atomic E-state index is 0.0299. The van der Waals surface area contributed by atoms with Gasteiger partial charge in [-0.1, -0.05) is 6.07 Å². The number of hydrogen-bond donors (Lipinski definition) is 1. The van der Waals surface area contributed by atoms with Crippen LogP contribution in [-0.2, 0) is 11.8 Å². The van der Waals surface area contributed by atoms with Gasteiger partial charge < -0.3 is 5.32 Å². The maximum atomic E-state index is 14.8. The molecule has 0 aromatic heterocycles. The van der Waals surface area contributed by atoms with Crippen molar-refractivity contribution in [1.82, 2.24) is 0 Å². The van der Waals surface area contributed by atoms with Crippen LogP contribution in [0.4, 0.5) is 59.7 Å². The van der Waals surface area contributed by atoms with Crippen molar-refractivity contribution < 1.29 is 58.0 Å². The molecule has 1 N–H and O–H groups in total. The number of rotatable bonds is 4. The minimum Gasteiger partial charge on any atom is -0.321 e. The van der Waals surface area contributed by atoms with Gasteiger partial charge in [0.25, 0.3) is 5.91 Å². The Kier molecular flexibility index (Phi) is 7.13. The Morgan fingerprint density at radius 2 is 1.44 bits per heavy atom. The highest BCUT2D eigenvalue weighted by Gasteiger charge is 2.75. The fraction of sp³-hybridized carbons (Fsp3) is 0.235. The zero-order valence-electron chi connectivity index (χ0n) is 15.6. The van der Waals surface area contributed by atoms with Gasteiger partial charge in [-0.25, -0.2) is 4.39 Å². The number of nitrogens with one attached hydrogen (secondary N) is 1. The number of nitro groups is 1. The van der Waals surface area contributed by atoms with Crippen LogP contribution in [-0.4, -0.2) is 23.2 Å². The normalized spacial score (nSPS) is 13.1. The van der Waals surface area contributed by atoms with Crippen molar-refractivity contribution >= 4 is 39.9 Å². The highest BCUT2D eigenvalue weighted by atomic mass is 127. The van der Waals surface area contributed by atoms with E-state index in [2.05, 4.69) is 0 Å². The summed E-state index contributed by atoms with van der Waals surface area (Å²) in [7, 11) is 0. The molecular weight excluding hydrogens is 616 g/mol. The first-order valence-corrected chi connectivity index (χ1v) is 9.29. The van der Waals surface area contributed by atoms with Crippen LogP contribution in [0, 0.1) is 19.5 Å². The Labute approximate surface area is 194 Å². The topological polar surface area (TPSA) is 72.2 Å². The molecule has 0 heterocycles.